The van der Waals surface area contributed by atoms with E-state index in [1.54, 1.807) is 12.1 Å². The topological polar surface area (TPSA) is 68.0 Å². The van der Waals surface area contributed by atoms with E-state index in [2.05, 4.69) is 0 Å². The number of benzene rings is 3. The monoisotopic (exact) mass is 405 g/mol. The van der Waals surface area contributed by atoms with Crippen LogP contribution in [0.4, 0.5) is 5.69 Å². The van der Waals surface area contributed by atoms with Gasteiger partial charge in [-0.3, -0.25) is 10.1 Å². The molecule has 3 aromatic carbocycles. The third kappa shape index (κ3) is 3.02. The largest absolute Gasteiger partial charge is 0.464 e. The van der Waals surface area contributed by atoms with Gasteiger partial charge in [0.05, 0.1) is 16.7 Å². The minimum Gasteiger partial charge on any atom is -0.464 e. The van der Waals surface area contributed by atoms with E-state index in [0.717, 1.165) is 22.6 Å². The predicted molar refractivity (Wildman–Crippen MR) is 110 cm³/mol. The van der Waals surface area contributed by atoms with E-state index in [1.165, 1.54) is 6.07 Å². The molecule has 5 rings (SSSR count). The van der Waals surface area contributed by atoms with Gasteiger partial charge >= 0.3 is 0 Å². The number of rotatable bonds is 3. The van der Waals surface area contributed by atoms with Crippen molar-refractivity contribution in [3.05, 3.63) is 105 Å². The van der Waals surface area contributed by atoms with Crippen LogP contribution in [0.25, 0.3) is 0 Å². The minimum atomic E-state index is -0.560. The molecule has 6 nitrogen and oxygen atoms in total. The maximum absolute atomic E-state index is 11.2. The number of fused-ring (bicyclic) bond motifs is 3. The number of hydrazone groups is 1. The summed E-state index contributed by atoms with van der Waals surface area (Å²) >= 11 is 6.41. The minimum absolute atomic E-state index is 0.0241. The SMILES string of the molecule is O=[N+]([O-])c1cccc([C@H]2Oc3ccccc3[C@@H]3CC(c4ccccc4Cl)=NN23)c1. The number of non-ortho nitro benzene ring substituents is 1. The zero-order valence-corrected chi connectivity index (χ0v) is 16.0. The Hall–Kier alpha value is -3.38. The third-order valence-electron chi connectivity index (χ3n) is 5.25. The zero-order valence-electron chi connectivity index (χ0n) is 15.2. The Morgan fingerprint density at radius 1 is 1.07 bits per heavy atom. The van der Waals surface area contributed by atoms with E-state index < -0.39 is 11.2 Å². The lowest BCUT2D eigenvalue weighted by Crippen LogP contribution is -2.33. The molecule has 0 aliphatic carbocycles. The Labute approximate surface area is 172 Å². The van der Waals surface area contributed by atoms with Crippen LogP contribution in [-0.4, -0.2) is 15.6 Å². The lowest BCUT2D eigenvalue weighted by atomic mass is 9.96. The Balaban J connectivity index is 1.61. The Bertz CT molecular complexity index is 1150. The molecule has 0 N–H and O–H groups in total. The van der Waals surface area contributed by atoms with Crippen LogP contribution >= 0.6 is 11.6 Å². The first-order valence-corrected chi connectivity index (χ1v) is 9.60. The van der Waals surface area contributed by atoms with Crippen molar-refractivity contribution < 1.29 is 9.66 Å². The summed E-state index contributed by atoms with van der Waals surface area (Å²) < 4.78 is 6.24. The molecular weight excluding hydrogens is 390 g/mol. The first kappa shape index (κ1) is 17.7. The van der Waals surface area contributed by atoms with Crippen LogP contribution in [0.15, 0.2) is 77.9 Å². The zero-order chi connectivity index (χ0) is 20.0. The fourth-order valence-electron chi connectivity index (χ4n) is 3.90. The molecule has 0 spiro atoms. The molecule has 0 aromatic heterocycles. The van der Waals surface area contributed by atoms with Crippen molar-refractivity contribution in [1.82, 2.24) is 5.01 Å². The van der Waals surface area contributed by atoms with Gasteiger partial charge in [0.15, 0.2) is 0 Å². The second-order valence-corrected chi connectivity index (χ2v) is 7.39. The first-order chi connectivity index (χ1) is 14.1. The summed E-state index contributed by atoms with van der Waals surface area (Å²) in [7, 11) is 0. The molecule has 0 amide bonds. The average molecular weight is 406 g/mol. The van der Waals surface area contributed by atoms with Crippen molar-refractivity contribution in [1.29, 1.82) is 0 Å². The van der Waals surface area contributed by atoms with Gasteiger partial charge in [-0.25, -0.2) is 5.01 Å². The highest BCUT2D eigenvalue weighted by Crippen LogP contribution is 2.47. The number of nitro benzene ring substituents is 1. The Morgan fingerprint density at radius 3 is 2.69 bits per heavy atom. The van der Waals surface area contributed by atoms with Gasteiger partial charge in [-0.2, -0.15) is 5.10 Å². The molecule has 0 saturated carbocycles. The molecule has 0 fully saturated rings. The summed E-state index contributed by atoms with van der Waals surface area (Å²) in [5, 5.41) is 18.6. The number of hydrogen-bond donors (Lipinski definition) is 0. The molecule has 2 aliphatic heterocycles. The van der Waals surface area contributed by atoms with E-state index >= 15 is 0 Å². The maximum atomic E-state index is 11.2. The van der Waals surface area contributed by atoms with Gasteiger partial charge in [0.25, 0.3) is 5.69 Å². The van der Waals surface area contributed by atoms with Gasteiger partial charge in [-0.05, 0) is 12.1 Å². The maximum Gasteiger partial charge on any atom is 0.269 e. The van der Waals surface area contributed by atoms with Gasteiger partial charge in [-0.1, -0.05) is 60.1 Å². The van der Waals surface area contributed by atoms with E-state index in [9.17, 15) is 10.1 Å². The highest BCUT2D eigenvalue weighted by molar-refractivity contribution is 6.34. The third-order valence-corrected chi connectivity index (χ3v) is 5.58. The lowest BCUT2D eigenvalue weighted by Gasteiger charge is -2.38. The average Bonchev–Trinajstić information content (AvgIpc) is 3.19. The number of nitrogens with zero attached hydrogens (tertiary/aromatic N) is 3. The van der Waals surface area contributed by atoms with Gasteiger partial charge in [0.1, 0.15) is 5.75 Å². The number of nitro groups is 1. The standard InChI is InChI=1S/C22H16ClN3O3/c23-18-10-3-1-8-16(18)19-13-20-17-9-2-4-11-21(17)29-22(25(20)24-19)14-6-5-7-15(12-14)26(27)28/h1-12,20,22H,13H2/t20-,22+/m0/s1. The summed E-state index contributed by atoms with van der Waals surface area (Å²) in [6.07, 6.45) is 0.116. The molecule has 2 aliphatic rings. The number of hydrogen-bond acceptors (Lipinski definition) is 5. The van der Waals surface area contributed by atoms with Gasteiger partial charge < -0.3 is 4.74 Å². The highest BCUT2D eigenvalue weighted by Gasteiger charge is 2.41. The summed E-state index contributed by atoms with van der Waals surface area (Å²) in [6, 6.07) is 21.9. The molecule has 0 radical (unpaired) electrons. The first-order valence-electron chi connectivity index (χ1n) is 9.22. The Kier molecular flexibility index (Phi) is 4.21. The van der Waals surface area contributed by atoms with Gasteiger partial charge in [-0.15, -0.1) is 0 Å². The van der Waals surface area contributed by atoms with Crippen molar-refractivity contribution in [3.8, 4) is 5.75 Å². The van der Waals surface area contributed by atoms with Crippen LogP contribution in [0.3, 0.4) is 0 Å². The van der Waals surface area contributed by atoms with Crippen molar-refractivity contribution in [2.75, 3.05) is 0 Å². The molecule has 29 heavy (non-hydrogen) atoms. The van der Waals surface area contributed by atoms with E-state index in [0.29, 0.717) is 17.0 Å². The number of halogens is 1. The summed E-state index contributed by atoms with van der Waals surface area (Å²) in [4.78, 5) is 10.8. The van der Waals surface area contributed by atoms with Crippen LogP contribution in [0.5, 0.6) is 5.75 Å². The fourth-order valence-corrected chi connectivity index (χ4v) is 4.15. The molecule has 3 aromatic rings. The molecule has 0 unspecified atom stereocenters. The van der Waals surface area contributed by atoms with Gasteiger partial charge in [0.2, 0.25) is 6.23 Å². The lowest BCUT2D eigenvalue weighted by molar-refractivity contribution is -0.385. The van der Waals surface area contributed by atoms with Crippen LogP contribution in [0.1, 0.15) is 35.4 Å². The quantitative estimate of drug-likeness (QED) is 0.426. The molecule has 0 bridgehead atoms. The Morgan fingerprint density at radius 2 is 1.86 bits per heavy atom. The van der Waals surface area contributed by atoms with Gasteiger partial charge in [0, 0.05) is 40.3 Å². The van der Waals surface area contributed by atoms with Crippen LogP contribution in [0.2, 0.25) is 5.02 Å². The summed E-state index contributed by atoms with van der Waals surface area (Å²) in [5.41, 5.74) is 3.51. The highest BCUT2D eigenvalue weighted by atomic mass is 35.5. The van der Waals surface area contributed by atoms with E-state index in [-0.39, 0.29) is 11.7 Å². The van der Waals surface area contributed by atoms with E-state index in [1.807, 2.05) is 59.6 Å². The van der Waals surface area contributed by atoms with Crippen molar-refractivity contribution in [3.63, 3.8) is 0 Å². The molecular formula is C22H16ClN3O3. The molecule has 144 valence electrons. The number of para-hydroxylation sites is 1. The van der Waals surface area contributed by atoms with Crippen LogP contribution in [-0.2, 0) is 0 Å². The molecule has 7 heteroatoms. The molecule has 2 atom stereocenters. The fraction of sp³-hybridized carbons (Fsp3) is 0.136. The van der Waals surface area contributed by atoms with E-state index in [4.69, 9.17) is 21.4 Å². The normalized spacial score (nSPS) is 19.8. The van der Waals surface area contributed by atoms with Crippen LogP contribution in [0, 0.1) is 10.1 Å². The second kappa shape index (κ2) is 6.90. The second-order valence-electron chi connectivity index (χ2n) is 6.99. The van der Waals surface area contributed by atoms with Crippen molar-refractivity contribution >= 4 is 23.0 Å². The van der Waals surface area contributed by atoms with Crippen molar-refractivity contribution in [2.45, 2.75) is 18.7 Å². The molecule has 0 saturated heterocycles. The number of ether oxygens (including phenoxy) is 1. The van der Waals surface area contributed by atoms with Crippen molar-refractivity contribution in [2.24, 2.45) is 5.10 Å². The summed E-state index contributed by atoms with van der Waals surface area (Å²) in [6.45, 7) is 0. The summed E-state index contributed by atoms with van der Waals surface area (Å²) in [5.74, 6) is 0.765. The predicted octanol–water partition coefficient (Wildman–Crippen LogP) is 5.49. The van der Waals surface area contributed by atoms with Crippen LogP contribution < -0.4 is 4.74 Å². The smallest absolute Gasteiger partial charge is 0.269 e. The molecule has 2 heterocycles.